The van der Waals surface area contributed by atoms with Crippen LogP contribution in [0.1, 0.15) is 0 Å². The molecule has 2 nitrogen and oxygen atoms in total. The van der Waals surface area contributed by atoms with E-state index in [0.717, 1.165) is 53.3 Å². The van der Waals surface area contributed by atoms with Crippen LogP contribution in [0, 0.1) is 0 Å². The van der Waals surface area contributed by atoms with Crippen molar-refractivity contribution in [3.8, 4) is 27.9 Å². The Morgan fingerprint density at radius 1 is 0.475 bits per heavy atom. The second-order valence-corrected chi connectivity index (χ2v) is 11.9. The van der Waals surface area contributed by atoms with Gasteiger partial charge in [-0.25, -0.2) is 0 Å². The van der Waals surface area contributed by atoms with Crippen molar-refractivity contribution in [2.45, 2.75) is 0 Å². The largest absolute Gasteiger partial charge is 0.456 e. The smallest absolute Gasteiger partial charge is 0.135 e. The van der Waals surface area contributed by atoms with E-state index in [0.29, 0.717) is 0 Å². The van der Waals surface area contributed by atoms with Gasteiger partial charge < -0.3 is 8.98 Å². The fraction of sp³-hybridized carbons (Fsp3) is 0. The number of rotatable bonds is 3. The molecule has 0 spiro atoms. The van der Waals surface area contributed by atoms with E-state index in [4.69, 9.17) is 4.42 Å². The Kier molecular flexibility index (Phi) is 5.48. The normalized spacial score (nSPS) is 11.8. The van der Waals surface area contributed by atoms with Crippen molar-refractivity contribution in [3.05, 3.63) is 136 Å². The van der Waals surface area contributed by atoms with Crippen molar-refractivity contribution in [2.75, 3.05) is 0 Å². The van der Waals surface area contributed by atoms with Gasteiger partial charge in [-0.15, -0.1) is 0 Å². The number of fused-ring (bicyclic) bond motifs is 6. The SMILES string of the molecule is Brc1cc(Br)cc(-c2c(-c3ccc4oc5ccccc5c4c3)cccc2-n2c3ccccc3c3ccccc32)c1. The predicted molar refractivity (Wildman–Crippen MR) is 174 cm³/mol. The number of hydrogen-bond acceptors (Lipinski definition) is 1. The number of furan rings is 1. The lowest BCUT2D eigenvalue weighted by Crippen LogP contribution is -1.99. The number of nitrogens with zero attached hydrogens (tertiary/aromatic N) is 1. The zero-order valence-electron chi connectivity index (χ0n) is 21.2. The van der Waals surface area contributed by atoms with Gasteiger partial charge in [-0.05, 0) is 71.3 Å². The van der Waals surface area contributed by atoms with Gasteiger partial charge in [0.15, 0.2) is 0 Å². The summed E-state index contributed by atoms with van der Waals surface area (Å²) in [6.45, 7) is 0. The van der Waals surface area contributed by atoms with Gasteiger partial charge in [-0.1, -0.05) is 105 Å². The second kappa shape index (κ2) is 9.22. The average molecular weight is 643 g/mol. The van der Waals surface area contributed by atoms with Gasteiger partial charge in [0.1, 0.15) is 11.2 Å². The Bertz CT molecular complexity index is 2180. The third-order valence-electron chi connectivity index (χ3n) is 7.70. The Hall–Kier alpha value is -4.12. The van der Waals surface area contributed by atoms with E-state index in [1.54, 1.807) is 0 Å². The fourth-order valence-electron chi connectivity index (χ4n) is 6.04. The van der Waals surface area contributed by atoms with Crippen LogP contribution in [-0.4, -0.2) is 4.57 Å². The second-order valence-electron chi connectivity index (χ2n) is 10.0. The van der Waals surface area contributed by atoms with Crippen LogP contribution in [0.4, 0.5) is 0 Å². The Morgan fingerprint density at radius 3 is 1.82 bits per heavy atom. The van der Waals surface area contributed by atoms with Crippen LogP contribution in [0.15, 0.2) is 141 Å². The first-order chi connectivity index (χ1) is 19.7. The highest BCUT2D eigenvalue weighted by atomic mass is 79.9. The number of benzene rings is 6. The molecule has 0 aliphatic rings. The molecule has 2 heterocycles. The van der Waals surface area contributed by atoms with Crippen LogP contribution in [0.3, 0.4) is 0 Å². The van der Waals surface area contributed by atoms with Gasteiger partial charge in [0, 0.05) is 36.1 Å². The van der Waals surface area contributed by atoms with Crippen LogP contribution in [-0.2, 0) is 0 Å². The summed E-state index contributed by atoms with van der Waals surface area (Å²) in [7, 11) is 0. The first-order valence-electron chi connectivity index (χ1n) is 13.2. The maximum Gasteiger partial charge on any atom is 0.135 e. The van der Waals surface area contributed by atoms with Gasteiger partial charge in [0.2, 0.25) is 0 Å². The Balaban J connectivity index is 1.49. The molecule has 190 valence electrons. The van der Waals surface area contributed by atoms with E-state index < -0.39 is 0 Å². The van der Waals surface area contributed by atoms with E-state index in [2.05, 4.69) is 152 Å². The predicted octanol–water partition coefficient (Wildman–Crippen LogP) is 11.5. The highest BCUT2D eigenvalue weighted by Gasteiger charge is 2.20. The number of halogens is 2. The summed E-state index contributed by atoms with van der Waals surface area (Å²) >= 11 is 7.50. The van der Waals surface area contributed by atoms with Crippen molar-refractivity contribution >= 4 is 75.6 Å². The maximum atomic E-state index is 6.15. The van der Waals surface area contributed by atoms with E-state index in [9.17, 15) is 0 Å². The summed E-state index contributed by atoms with van der Waals surface area (Å²) in [6, 6.07) is 45.2. The monoisotopic (exact) mass is 641 g/mol. The van der Waals surface area contributed by atoms with E-state index in [1.807, 2.05) is 12.1 Å². The van der Waals surface area contributed by atoms with E-state index in [1.165, 1.54) is 27.4 Å². The summed E-state index contributed by atoms with van der Waals surface area (Å²) in [5.41, 5.74) is 9.93. The Morgan fingerprint density at radius 2 is 1.10 bits per heavy atom. The maximum absolute atomic E-state index is 6.15. The van der Waals surface area contributed by atoms with Crippen LogP contribution in [0.2, 0.25) is 0 Å². The molecule has 0 amide bonds. The van der Waals surface area contributed by atoms with Gasteiger partial charge in [0.05, 0.1) is 16.7 Å². The summed E-state index contributed by atoms with van der Waals surface area (Å²) in [5, 5.41) is 4.74. The van der Waals surface area contributed by atoms with Crippen molar-refractivity contribution in [1.29, 1.82) is 0 Å². The quantitative estimate of drug-likeness (QED) is 0.187. The molecule has 0 aliphatic heterocycles. The third kappa shape index (κ3) is 3.67. The molecule has 0 atom stereocenters. The molecule has 0 saturated heterocycles. The molecule has 4 heteroatoms. The molecular formula is C36H21Br2NO. The highest BCUT2D eigenvalue weighted by Crippen LogP contribution is 2.43. The minimum Gasteiger partial charge on any atom is -0.456 e. The molecule has 0 saturated carbocycles. The van der Waals surface area contributed by atoms with Gasteiger partial charge >= 0.3 is 0 Å². The third-order valence-corrected chi connectivity index (χ3v) is 8.62. The first kappa shape index (κ1) is 23.7. The highest BCUT2D eigenvalue weighted by molar-refractivity contribution is 9.11. The zero-order chi connectivity index (χ0) is 26.8. The summed E-state index contributed by atoms with van der Waals surface area (Å²) in [6.07, 6.45) is 0. The summed E-state index contributed by atoms with van der Waals surface area (Å²) in [5.74, 6) is 0. The minimum absolute atomic E-state index is 0.898. The molecule has 8 aromatic rings. The zero-order valence-corrected chi connectivity index (χ0v) is 24.4. The van der Waals surface area contributed by atoms with Gasteiger partial charge in [0.25, 0.3) is 0 Å². The molecule has 0 fully saturated rings. The van der Waals surface area contributed by atoms with Crippen LogP contribution in [0.25, 0.3) is 71.7 Å². The number of aromatic nitrogens is 1. The van der Waals surface area contributed by atoms with Gasteiger partial charge in [-0.3, -0.25) is 0 Å². The minimum atomic E-state index is 0.898. The van der Waals surface area contributed by atoms with Crippen LogP contribution < -0.4 is 0 Å². The van der Waals surface area contributed by atoms with Gasteiger partial charge in [-0.2, -0.15) is 0 Å². The van der Waals surface area contributed by atoms with Crippen molar-refractivity contribution in [3.63, 3.8) is 0 Å². The molecule has 0 radical (unpaired) electrons. The molecule has 0 aliphatic carbocycles. The number of hydrogen-bond donors (Lipinski definition) is 0. The Labute approximate surface area is 247 Å². The van der Waals surface area contributed by atoms with Crippen LogP contribution in [0.5, 0.6) is 0 Å². The standard InChI is InChI=1S/C36H21Br2NO/c37-24-18-23(19-25(38)21-24)36-26(22-16-17-35-30(20-22)29-10-3-6-15-34(29)40-35)11-7-14-33(36)39-31-12-4-1-8-27(31)28-9-2-5-13-32(28)39/h1-21H. The molecule has 8 rings (SSSR count). The topological polar surface area (TPSA) is 18.1 Å². The average Bonchev–Trinajstić information content (AvgIpc) is 3.52. The molecule has 0 N–H and O–H groups in total. The van der Waals surface area contributed by atoms with Crippen molar-refractivity contribution < 1.29 is 4.42 Å². The molecule has 2 aromatic heterocycles. The number of para-hydroxylation sites is 3. The first-order valence-corrected chi connectivity index (χ1v) is 14.7. The molecule has 40 heavy (non-hydrogen) atoms. The summed E-state index contributed by atoms with van der Waals surface area (Å²) < 4.78 is 10.6. The van der Waals surface area contributed by atoms with Crippen LogP contribution >= 0.6 is 31.9 Å². The molecule has 6 aromatic carbocycles. The lowest BCUT2D eigenvalue weighted by atomic mass is 9.92. The summed E-state index contributed by atoms with van der Waals surface area (Å²) in [4.78, 5) is 0. The van der Waals surface area contributed by atoms with E-state index in [-0.39, 0.29) is 0 Å². The van der Waals surface area contributed by atoms with Crippen molar-refractivity contribution in [2.24, 2.45) is 0 Å². The van der Waals surface area contributed by atoms with E-state index >= 15 is 0 Å². The lowest BCUT2D eigenvalue weighted by molar-refractivity contribution is 0.669. The fourth-order valence-corrected chi connectivity index (χ4v) is 7.34. The molecule has 0 unspecified atom stereocenters. The van der Waals surface area contributed by atoms with Crippen molar-refractivity contribution in [1.82, 2.24) is 4.57 Å². The lowest BCUT2D eigenvalue weighted by Gasteiger charge is -2.19. The molecule has 0 bridgehead atoms. The molecular weight excluding hydrogens is 622 g/mol.